The van der Waals surface area contributed by atoms with Gasteiger partial charge in [0.05, 0.1) is 0 Å². The Balaban J connectivity index is 2.63. The molecule has 0 fully saturated rings. The van der Waals surface area contributed by atoms with Crippen LogP contribution in [-0.2, 0) is 4.79 Å². The Morgan fingerprint density at radius 2 is 1.79 bits per heavy atom. The molecule has 1 rings (SSSR count). The molecule has 3 amide bonds. The van der Waals surface area contributed by atoms with Crippen molar-refractivity contribution >= 4 is 17.6 Å². The molecule has 132 valence electrons. The SMILES string of the molecule is C=C(C)COc1ccc(NC(=O)NC(C(=O)N(C)C)C(C)C)cc1. The third-order valence-corrected chi connectivity index (χ3v) is 3.26. The second-order valence-corrected chi connectivity index (χ2v) is 6.32. The van der Waals surface area contributed by atoms with E-state index in [1.165, 1.54) is 4.90 Å². The van der Waals surface area contributed by atoms with E-state index in [1.807, 2.05) is 20.8 Å². The van der Waals surface area contributed by atoms with Crippen molar-refractivity contribution in [3.8, 4) is 5.75 Å². The molecule has 1 aromatic rings. The minimum absolute atomic E-state index is 0.0106. The van der Waals surface area contributed by atoms with Gasteiger partial charge in [-0.3, -0.25) is 4.79 Å². The van der Waals surface area contributed by atoms with Gasteiger partial charge in [0, 0.05) is 19.8 Å². The van der Waals surface area contributed by atoms with Crippen LogP contribution >= 0.6 is 0 Å². The Kier molecular flexibility index (Phi) is 7.30. The van der Waals surface area contributed by atoms with Crippen LogP contribution in [0.4, 0.5) is 10.5 Å². The van der Waals surface area contributed by atoms with E-state index in [9.17, 15) is 9.59 Å². The van der Waals surface area contributed by atoms with Crippen LogP contribution < -0.4 is 15.4 Å². The van der Waals surface area contributed by atoms with Gasteiger partial charge >= 0.3 is 6.03 Å². The van der Waals surface area contributed by atoms with Crippen molar-refractivity contribution in [1.29, 1.82) is 0 Å². The third-order valence-electron chi connectivity index (χ3n) is 3.26. The number of carbonyl (C=O) groups is 2. The normalized spacial score (nSPS) is 11.6. The molecule has 0 aliphatic heterocycles. The molecule has 0 aromatic heterocycles. The molecule has 0 saturated carbocycles. The molecule has 0 spiro atoms. The first-order chi connectivity index (χ1) is 11.2. The quantitative estimate of drug-likeness (QED) is 0.754. The van der Waals surface area contributed by atoms with E-state index in [2.05, 4.69) is 17.2 Å². The van der Waals surface area contributed by atoms with Crippen molar-refractivity contribution < 1.29 is 14.3 Å². The smallest absolute Gasteiger partial charge is 0.319 e. The summed E-state index contributed by atoms with van der Waals surface area (Å²) in [6.45, 7) is 9.90. The highest BCUT2D eigenvalue weighted by molar-refractivity contribution is 5.93. The summed E-state index contributed by atoms with van der Waals surface area (Å²) in [5, 5.41) is 5.44. The van der Waals surface area contributed by atoms with E-state index in [0.29, 0.717) is 18.0 Å². The van der Waals surface area contributed by atoms with Crippen molar-refractivity contribution in [1.82, 2.24) is 10.2 Å². The summed E-state index contributed by atoms with van der Waals surface area (Å²) in [4.78, 5) is 25.7. The van der Waals surface area contributed by atoms with E-state index in [1.54, 1.807) is 38.4 Å². The van der Waals surface area contributed by atoms with Crippen LogP contribution in [0.1, 0.15) is 20.8 Å². The summed E-state index contributed by atoms with van der Waals surface area (Å²) in [5.41, 5.74) is 1.55. The predicted octanol–water partition coefficient (Wildman–Crippen LogP) is 2.88. The standard InChI is InChI=1S/C18H27N3O3/c1-12(2)11-24-15-9-7-14(8-10-15)19-18(23)20-16(13(3)4)17(22)21(5)6/h7-10,13,16H,1,11H2,2-6H3,(H2,19,20,23). The molecule has 0 saturated heterocycles. The molecule has 0 bridgehead atoms. The predicted molar refractivity (Wildman–Crippen MR) is 96.2 cm³/mol. The van der Waals surface area contributed by atoms with Crippen molar-refractivity contribution in [2.75, 3.05) is 26.0 Å². The number of nitrogens with zero attached hydrogens (tertiary/aromatic N) is 1. The van der Waals surface area contributed by atoms with Crippen LogP contribution in [0.2, 0.25) is 0 Å². The largest absolute Gasteiger partial charge is 0.489 e. The van der Waals surface area contributed by atoms with Gasteiger partial charge in [0.15, 0.2) is 0 Å². The Morgan fingerprint density at radius 1 is 1.21 bits per heavy atom. The van der Waals surface area contributed by atoms with Gasteiger partial charge in [-0.2, -0.15) is 0 Å². The molecular weight excluding hydrogens is 306 g/mol. The first-order valence-corrected chi connectivity index (χ1v) is 7.86. The average molecular weight is 333 g/mol. The van der Waals surface area contributed by atoms with Crippen LogP contribution in [0, 0.1) is 5.92 Å². The zero-order valence-electron chi connectivity index (χ0n) is 15.1. The number of benzene rings is 1. The molecular formula is C18H27N3O3. The summed E-state index contributed by atoms with van der Waals surface area (Å²) in [6.07, 6.45) is 0. The van der Waals surface area contributed by atoms with Gasteiger partial charge in [0.25, 0.3) is 0 Å². The van der Waals surface area contributed by atoms with Crippen LogP contribution in [0.25, 0.3) is 0 Å². The monoisotopic (exact) mass is 333 g/mol. The molecule has 24 heavy (non-hydrogen) atoms. The van der Waals surface area contributed by atoms with Crippen molar-refractivity contribution in [3.05, 3.63) is 36.4 Å². The molecule has 6 nitrogen and oxygen atoms in total. The summed E-state index contributed by atoms with van der Waals surface area (Å²) in [6, 6.07) is 6.03. The molecule has 1 atom stereocenters. The highest BCUT2D eigenvalue weighted by Gasteiger charge is 2.25. The number of hydrogen-bond acceptors (Lipinski definition) is 3. The number of nitrogens with one attached hydrogen (secondary N) is 2. The second kappa shape index (κ2) is 8.96. The average Bonchev–Trinajstić information content (AvgIpc) is 2.50. The fraction of sp³-hybridized carbons (Fsp3) is 0.444. The maximum absolute atomic E-state index is 12.1. The van der Waals surface area contributed by atoms with Gasteiger partial charge in [0.1, 0.15) is 18.4 Å². The summed E-state index contributed by atoms with van der Waals surface area (Å²) in [5.74, 6) is 0.555. The number of hydrogen-bond donors (Lipinski definition) is 2. The van der Waals surface area contributed by atoms with E-state index in [4.69, 9.17) is 4.74 Å². The van der Waals surface area contributed by atoms with Crippen molar-refractivity contribution in [2.45, 2.75) is 26.8 Å². The number of rotatable bonds is 7. The first kappa shape index (κ1) is 19.5. The molecule has 1 unspecified atom stereocenters. The van der Waals surface area contributed by atoms with Gasteiger partial charge < -0.3 is 20.3 Å². The Bertz CT molecular complexity index is 580. The zero-order valence-corrected chi connectivity index (χ0v) is 15.1. The number of likely N-dealkylation sites (N-methyl/N-ethyl adjacent to an activating group) is 1. The molecule has 0 heterocycles. The second-order valence-electron chi connectivity index (χ2n) is 6.32. The number of urea groups is 1. The topological polar surface area (TPSA) is 70.7 Å². The molecule has 0 aliphatic rings. The zero-order chi connectivity index (χ0) is 18.3. The molecule has 0 radical (unpaired) electrons. The van der Waals surface area contributed by atoms with E-state index in [-0.39, 0.29) is 11.8 Å². The minimum Gasteiger partial charge on any atom is -0.489 e. The van der Waals surface area contributed by atoms with E-state index >= 15 is 0 Å². The van der Waals surface area contributed by atoms with Crippen LogP contribution in [0.3, 0.4) is 0 Å². The van der Waals surface area contributed by atoms with E-state index in [0.717, 1.165) is 5.57 Å². The number of carbonyl (C=O) groups excluding carboxylic acids is 2. The Morgan fingerprint density at radius 3 is 2.25 bits per heavy atom. The fourth-order valence-electron chi connectivity index (χ4n) is 1.94. The van der Waals surface area contributed by atoms with Gasteiger partial charge in [0.2, 0.25) is 5.91 Å². The van der Waals surface area contributed by atoms with Crippen molar-refractivity contribution in [2.24, 2.45) is 5.92 Å². The third kappa shape index (κ3) is 6.32. The Labute approximate surface area is 143 Å². The van der Waals surface area contributed by atoms with Crippen LogP contribution in [0.5, 0.6) is 5.75 Å². The van der Waals surface area contributed by atoms with Gasteiger partial charge in [-0.05, 0) is 42.7 Å². The minimum atomic E-state index is -0.571. The van der Waals surface area contributed by atoms with Gasteiger partial charge in [-0.15, -0.1) is 0 Å². The highest BCUT2D eigenvalue weighted by atomic mass is 16.5. The summed E-state index contributed by atoms with van der Waals surface area (Å²) < 4.78 is 5.50. The summed E-state index contributed by atoms with van der Waals surface area (Å²) in [7, 11) is 3.34. The number of anilines is 1. The highest BCUT2D eigenvalue weighted by Crippen LogP contribution is 2.16. The number of amides is 3. The summed E-state index contributed by atoms with van der Waals surface area (Å²) >= 11 is 0. The lowest BCUT2D eigenvalue weighted by Crippen LogP contribution is -2.50. The fourth-order valence-corrected chi connectivity index (χ4v) is 1.94. The molecule has 2 N–H and O–H groups in total. The van der Waals surface area contributed by atoms with Crippen molar-refractivity contribution in [3.63, 3.8) is 0 Å². The lowest BCUT2D eigenvalue weighted by molar-refractivity contribution is -0.131. The first-order valence-electron chi connectivity index (χ1n) is 7.86. The van der Waals surface area contributed by atoms with E-state index < -0.39 is 12.1 Å². The van der Waals surface area contributed by atoms with Gasteiger partial charge in [-0.25, -0.2) is 4.79 Å². The maximum atomic E-state index is 12.1. The Hall–Kier alpha value is -2.50. The van der Waals surface area contributed by atoms with Crippen LogP contribution in [-0.4, -0.2) is 43.6 Å². The molecule has 6 heteroatoms. The van der Waals surface area contributed by atoms with Gasteiger partial charge in [-0.1, -0.05) is 20.4 Å². The number of ether oxygens (including phenoxy) is 1. The lowest BCUT2D eigenvalue weighted by Gasteiger charge is -2.24. The van der Waals surface area contributed by atoms with Crippen LogP contribution in [0.15, 0.2) is 36.4 Å². The molecule has 0 aliphatic carbocycles. The maximum Gasteiger partial charge on any atom is 0.319 e. The lowest BCUT2D eigenvalue weighted by atomic mass is 10.0. The molecule has 1 aromatic carbocycles.